The maximum atomic E-state index is 13.3. The van der Waals surface area contributed by atoms with Crippen LogP contribution in [0.3, 0.4) is 0 Å². The fourth-order valence-corrected chi connectivity index (χ4v) is 3.57. The van der Waals surface area contributed by atoms with Gasteiger partial charge in [0, 0.05) is 24.4 Å². The standard InChI is InChI=1S/C20H23FN4O5S/c1-25-19(14-9-18(20(22)23-10-14)30-31(2,27)28)13(11-24-25)4-3-7-29-17-6-5-16(21)8-15(17)12-26/h5-6,8-11,26H,3-4,7,12H2,1-2H3,(H2,22,23). The number of pyridine rings is 1. The predicted octanol–water partition coefficient (Wildman–Crippen LogP) is 2.05. The number of aromatic nitrogens is 3. The second-order valence-corrected chi connectivity index (χ2v) is 8.47. The first-order chi connectivity index (χ1) is 14.7. The first-order valence-corrected chi connectivity index (χ1v) is 11.2. The molecule has 0 amide bonds. The maximum Gasteiger partial charge on any atom is 0.306 e. The second-order valence-electron chi connectivity index (χ2n) is 6.90. The predicted molar refractivity (Wildman–Crippen MR) is 112 cm³/mol. The summed E-state index contributed by atoms with van der Waals surface area (Å²) in [5.41, 5.74) is 8.35. The summed E-state index contributed by atoms with van der Waals surface area (Å²) in [4.78, 5) is 4.03. The quantitative estimate of drug-likeness (QED) is 0.374. The molecule has 1 aromatic carbocycles. The number of aryl methyl sites for hydroxylation is 2. The molecule has 9 nitrogen and oxygen atoms in total. The summed E-state index contributed by atoms with van der Waals surface area (Å²) in [5.74, 6) is -0.0954. The SMILES string of the molecule is Cn1ncc(CCCOc2ccc(F)cc2CO)c1-c1cnc(N)c(OS(C)(=O)=O)c1. The normalized spacial score (nSPS) is 11.5. The summed E-state index contributed by atoms with van der Waals surface area (Å²) in [5, 5.41) is 13.6. The number of nitrogens with two attached hydrogens (primary N) is 1. The van der Waals surface area contributed by atoms with E-state index in [0.29, 0.717) is 36.3 Å². The summed E-state index contributed by atoms with van der Waals surface area (Å²) in [6, 6.07) is 5.50. The van der Waals surface area contributed by atoms with E-state index < -0.39 is 15.9 Å². The Bertz CT molecular complexity index is 1180. The summed E-state index contributed by atoms with van der Waals surface area (Å²) in [6.07, 6.45) is 5.38. The Hall–Kier alpha value is -3.18. The molecule has 2 aromatic heterocycles. The van der Waals surface area contributed by atoms with Gasteiger partial charge in [-0.25, -0.2) is 9.37 Å². The zero-order chi connectivity index (χ0) is 22.6. The lowest BCUT2D eigenvalue weighted by Gasteiger charge is -2.11. The highest BCUT2D eigenvalue weighted by atomic mass is 32.2. The van der Waals surface area contributed by atoms with Crippen LogP contribution >= 0.6 is 0 Å². The highest BCUT2D eigenvalue weighted by molar-refractivity contribution is 7.86. The minimum atomic E-state index is -3.76. The lowest BCUT2D eigenvalue weighted by atomic mass is 10.1. The van der Waals surface area contributed by atoms with Gasteiger partial charge in [0.2, 0.25) is 0 Å². The van der Waals surface area contributed by atoms with E-state index in [1.54, 1.807) is 17.9 Å². The van der Waals surface area contributed by atoms with Crippen molar-refractivity contribution in [1.82, 2.24) is 14.8 Å². The van der Waals surface area contributed by atoms with Crippen molar-refractivity contribution in [2.45, 2.75) is 19.4 Å². The third kappa shape index (κ3) is 5.70. The number of anilines is 1. The number of halogens is 1. The number of rotatable bonds is 9. The van der Waals surface area contributed by atoms with E-state index in [1.165, 1.54) is 30.5 Å². The van der Waals surface area contributed by atoms with Crippen LogP contribution in [0.25, 0.3) is 11.3 Å². The molecule has 0 saturated carbocycles. The highest BCUT2D eigenvalue weighted by Crippen LogP contribution is 2.30. The number of aliphatic hydroxyl groups excluding tert-OH is 1. The molecule has 3 N–H and O–H groups in total. The monoisotopic (exact) mass is 450 g/mol. The van der Waals surface area contributed by atoms with Crippen LogP contribution in [0.4, 0.5) is 10.2 Å². The van der Waals surface area contributed by atoms with Crippen molar-refractivity contribution in [2.24, 2.45) is 7.05 Å². The first kappa shape index (κ1) is 22.5. The Labute approximate surface area is 179 Å². The first-order valence-electron chi connectivity index (χ1n) is 9.36. The molecular weight excluding hydrogens is 427 g/mol. The summed E-state index contributed by atoms with van der Waals surface area (Å²) in [6.45, 7) is 0.0251. The summed E-state index contributed by atoms with van der Waals surface area (Å²) < 4.78 is 48.4. The molecule has 3 aromatic rings. The Morgan fingerprint density at radius 2 is 1.97 bits per heavy atom. The topological polar surface area (TPSA) is 130 Å². The fraction of sp³-hybridized carbons (Fsp3) is 0.300. The van der Waals surface area contributed by atoms with Crippen LogP contribution in [0.1, 0.15) is 17.5 Å². The van der Waals surface area contributed by atoms with Crippen molar-refractivity contribution in [3.63, 3.8) is 0 Å². The number of benzene rings is 1. The Morgan fingerprint density at radius 1 is 1.19 bits per heavy atom. The van der Waals surface area contributed by atoms with Crippen molar-refractivity contribution < 1.29 is 26.8 Å². The van der Waals surface area contributed by atoms with E-state index >= 15 is 0 Å². The van der Waals surface area contributed by atoms with Gasteiger partial charge in [-0.3, -0.25) is 4.68 Å². The molecule has 0 unspecified atom stereocenters. The van der Waals surface area contributed by atoms with Gasteiger partial charge in [0.15, 0.2) is 11.6 Å². The minimum absolute atomic E-state index is 0.0368. The maximum absolute atomic E-state index is 13.3. The van der Waals surface area contributed by atoms with Crippen LogP contribution in [0.2, 0.25) is 0 Å². The number of aliphatic hydroxyl groups is 1. The van der Waals surface area contributed by atoms with Gasteiger partial charge >= 0.3 is 10.1 Å². The van der Waals surface area contributed by atoms with E-state index in [1.807, 2.05) is 0 Å². The second kappa shape index (κ2) is 9.31. The van der Waals surface area contributed by atoms with E-state index in [2.05, 4.69) is 10.1 Å². The highest BCUT2D eigenvalue weighted by Gasteiger charge is 2.16. The van der Waals surface area contributed by atoms with Crippen molar-refractivity contribution >= 4 is 15.9 Å². The van der Waals surface area contributed by atoms with Gasteiger partial charge in [-0.05, 0) is 42.7 Å². The van der Waals surface area contributed by atoms with Gasteiger partial charge in [-0.1, -0.05) is 0 Å². The molecule has 0 aliphatic rings. The third-order valence-corrected chi connectivity index (χ3v) is 4.93. The number of hydrogen-bond acceptors (Lipinski definition) is 8. The molecule has 11 heteroatoms. The molecule has 0 saturated heterocycles. The van der Waals surface area contributed by atoms with Crippen LogP contribution in [0, 0.1) is 5.82 Å². The van der Waals surface area contributed by atoms with E-state index in [9.17, 15) is 17.9 Å². The minimum Gasteiger partial charge on any atom is -0.493 e. The molecule has 0 bridgehead atoms. The lowest BCUT2D eigenvalue weighted by Crippen LogP contribution is -2.09. The number of nitrogen functional groups attached to an aromatic ring is 1. The molecule has 31 heavy (non-hydrogen) atoms. The molecule has 0 fully saturated rings. The van der Waals surface area contributed by atoms with Gasteiger partial charge in [-0.15, -0.1) is 0 Å². The average Bonchev–Trinajstić information content (AvgIpc) is 3.07. The van der Waals surface area contributed by atoms with E-state index in [4.69, 9.17) is 14.7 Å². The number of ether oxygens (including phenoxy) is 1. The Morgan fingerprint density at radius 3 is 2.68 bits per heavy atom. The molecule has 0 atom stereocenters. The van der Waals surface area contributed by atoms with E-state index in [-0.39, 0.29) is 18.2 Å². The van der Waals surface area contributed by atoms with Crippen LogP contribution in [-0.4, -0.2) is 41.2 Å². The smallest absolute Gasteiger partial charge is 0.306 e. The fourth-order valence-electron chi connectivity index (χ4n) is 3.11. The zero-order valence-corrected chi connectivity index (χ0v) is 17.9. The molecule has 3 rings (SSSR count). The van der Waals surface area contributed by atoms with Crippen molar-refractivity contribution in [3.05, 3.63) is 53.6 Å². The van der Waals surface area contributed by atoms with Gasteiger partial charge in [0.1, 0.15) is 11.6 Å². The van der Waals surface area contributed by atoms with Crippen LogP contribution in [0.15, 0.2) is 36.7 Å². The Balaban J connectivity index is 1.73. The molecule has 0 radical (unpaired) electrons. The average molecular weight is 450 g/mol. The third-order valence-electron chi connectivity index (χ3n) is 4.45. The van der Waals surface area contributed by atoms with Crippen LogP contribution in [0.5, 0.6) is 11.5 Å². The van der Waals surface area contributed by atoms with Gasteiger partial charge in [0.05, 0.1) is 31.4 Å². The van der Waals surface area contributed by atoms with Crippen molar-refractivity contribution in [3.8, 4) is 22.8 Å². The molecule has 166 valence electrons. The number of hydrogen-bond donors (Lipinski definition) is 2. The lowest BCUT2D eigenvalue weighted by molar-refractivity contribution is 0.260. The van der Waals surface area contributed by atoms with Gasteiger partial charge in [-0.2, -0.15) is 13.5 Å². The molecule has 0 aliphatic heterocycles. The molecule has 0 aliphatic carbocycles. The zero-order valence-electron chi connectivity index (χ0n) is 17.1. The Kier molecular flexibility index (Phi) is 6.76. The van der Waals surface area contributed by atoms with E-state index in [0.717, 1.165) is 17.5 Å². The molecular formula is C20H23FN4O5S. The molecule has 0 spiro atoms. The summed E-state index contributed by atoms with van der Waals surface area (Å²) in [7, 11) is -2.00. The largest absolute Gasteiger partial charge is 0.493 e. The summed E-state index contributed by atoms with van der Waals surface area (Å²) >= 11 is 0. The number of nitrogens with zero attached hydrogens (tertiary/aromatic N) is 3. The van der Waals surface area contributed by atoms with Gasteiger partial charge < -0.3 is 19.8 Å². The van der Waals surface area contributed by atoms with Crippen LogP contribution < -0.4 is 14.7 Å². The van der Waals surface area contributed by atoms with Crippen LogP contribution in [-0.2, 0) is 30.2 Å². The van der Waals surface area contributed by atoms with Crippen molar-refractivity contribution in [1.29, 1.82) is 0 Å². The van der Waals surface area contributed by atoms with Crippen molar-refractivity contribution in [2.75, 3.05) is 18.6 Å². The van der Waals surface area contributed by atoms with Gasteiger partial charge in [0.25, 0.3) is 0 Å². The molecule has 2 heterocycles.